The molecule has 24 heavy (non-hydrogen) atoms. The highest BCUT2D eigenvalue weighted by atomic mass is 19.1. The molecule has 128 valence electrons. The molecule has 1 aliphatic heterocycles. The van der Waals surface area contributed by atoms with E-state index in [0.717, 1.165) is 24.8 Å². The van der Waals surface area contributed by atoms with Gasteiger partial charge in [0.1, 0.15) is 23.8 Å². The van der Waals surface area contributed by atoms with Crippen molar-refractivity contribution in [3.8, 4) is 0 Å². The molecular formula is C18H22FN3O2. The van der Waals surface area contributed by atoms with Crippen molar-refractivity contribution in [1.29, 1.82) is 0 Å². The average Bonchev–Trinajstić information content (AvgIpc) is 3.27. The van der Waals surface area contributed by atoms with Gasteiger partial charge in [0.15, 0.2) is 0 Å². The van der Waals surface area contributed by atoms with Crippen LogP contribution < -0.4 is 0 Å². The van der Waals surface area contributed by atoms with Gasteiger partial charge in [-0.2, -0.15) is 0 Å². The third kappa shape index (κ3) is 3.33. The maximum atomic E-state index is 13.3. The van der Waals surface area contributed by atoms with Crippen LogP contribution in [-0.2, 0) is 9.53 Å². The monoisotopic (exact) mass is 331 g/mol. The number of carbonyl (C=O) groups excluding carboxylic acids is 1. The molecule has 3 rings (SSSR count). The summed E-state index contributed by atoms with van der Waals surface area (Å²) in [6, 6.07) is 5.73. The molecule has 1 amide bonds. The number of aromatic amines is 1. The zero-order valence-corrected chi connectivity index (χ0v) is 13.9. The normalized spacial score (nSPS) is 21.6. The number of hydrogen-bond acceptors (Lipinski definition) is 3. The van der Waals surface area contributed by atoms with Crippen LogP contribution in [0.4, 0.5) is 4.39 Å². The Kier molecular flexibility index (Phi) is 4.94. The van der Waals surface area contributed by atoms with E-state index < -0.39 is 12.1 Å². The quantitative estimate of drug-likeness (QED) is 0.916. The molecule has 1 aliphatic rings. The summed E-state index contributed by atoms with van der Waals surface area (Å²) in [7, 11) is 1.74. The van der Waals surface area contributed by atoms with Gasteiger partial charge in [0.2, 0.25) is 0 Å². The number of aromatic nitrogens is 2. The van der Waals surface area contributed by atoms with Crippen molar-refractivity contribution < 1.29 is 13.9 Å². The molecule has 6 heteroatoms. The SMILES string of the molecule is CCC1CCC(C(=O)N(C)C(c2ccc(F)cc2)c2ncc[nH]2)O1. The molecule has 1 aromatic carbocycles. The first-order chi connectivity index (χ1) is 11.6. The van der Waals surface area contributed by atoms with E-state index in [1.54, 1.807) is 36.5 Å². The summed E-state index contributed by atoms with van der Waals surface area (Å²) in [4.78, 5) is 21.9. The standard InChI is InChI=1S/C18H22FN3O2/c1-3-14-8-9-15(24-14)18(23)22(2)16(17-20-10-11-21-17)12-4-6-13(19)7-5-12/h4-7,10-11,14-16H,3,8-9H2,1-2H3,(H,20,21). The van der Waals surface area contributed by atoms with Gasteiger partial charge in [-0.15, -0.1) is 0 Å². The van der Waals surface area contributed by atoms with Crippen molar-refractivity contribution >= 4 is 5.91 Å². The lowest BCUT2D eigenvalue weighted by atomic mass is 10.0. The van der Waals surface area contributed by atoms with E-state index in [1.807, 2.05) is 0 Å². The van der Waals surface area contributed by atoms with Gasteiger partial charge in [-0.3, -0.25) is 4.79 Å². The van der Waals surface area contributed by atoms with E-state index in [2.05, 4.69) is 16.9 Å². The molecule has 2 heterocycles. The number of nitrogens with one attached hydrogen (secondary N) is 1. The number of hydrogen-bond donors (Lipinski definition) is 1. The van der Waals surface area contributed by atoms with Gasteiger partial charge in [-0.1, -0.05) is 19.1 Å². The Morgan fingerprint density at radius 2 is 2.17 bits per heavy atom. The Hall–Kier alpha value is -2.21. The minimum absolute atomic E-state index is 0.0725. The van der Waals surface area contributed by atoms with Gasteiger partial charge in [-0.25, -0.2) is 9.37 Å². The second kappa shape index (κ2) is 7.13. The van der Waals surface area contributed by atoms with E-state index in [4.69, 9.17) is 4.74 Å². The summed E-state index contributed by atoms with van der Waals surface area (Å²) in [5.74, 6) is 0.259. The van der Waals surface area contributed by atoms with Crippen LogP contribution in [0, 0.1) is 5.82 Å². The largest absolute Gasteiger partial charge is 0.365 e. The van der Waals surface area contributed by atoms with Gasteiger partial charge in [0.25, 0.3) is 5.91 Å². The van der Waals surface area contributed by atoms with Crippen molar-refractivity contribution in [3.05, 3.63) is 53.9 Å². The molecule has 2 aromatic rings. The molecular weight excluding hydrogens is 309 g/mol. The molecule has 5 nitrogen and oxygen atoms in total. The summed E-state index contributed by atoms with van der Waals surface area (Å²) < 4.78 is 19.1. The van der Waals surface area contributed by atoms with Crippen LogP contribution in [0.15, 0.2) is 36.7 Å². The molecule has 3 atom stereocenters. The second-order valence-corrected chi connectivity index (χ2v) is 6.11. The Balaban J connectivity index is 1.85. The molecule has 0 bridgehead atoms. The molecule has 1 N–H and O–H groups in total. The first-order valence-electron chi connectivity index (χ1n) is 8.27. The summed E-state index contributed by atoms with van der Waals surface area (Å²) in [5.41, 5.74) is 0.798. The number of halogens is 1. The predicted molar refractivity (Wildman–Crippen MR) is 87.8 cm³/mol. The molecule has 0 aliphatic carbocycles. The number of rotatable bonds is 5. The maximum Gasteiger partial charge on any atom is 0.252 e. The van der Waals surface area contributed by atoms with Gasteiger partial charge >= 0.3 is 0 Å². The van der Waals surface area contributed by atoms with Crippen LogP contribution in [-0.4, -0.2) is 40.0 Å². The smallest absolute Gasteiger partial charge is 0.252 e. The fourth-order valence-corrected chi connectivity index (χ4v) is 3.18. The lowest BCUT2D eigenvalue weighted by molar-refractivity contribution is -0.143. The summed E-state index contributed by atoms with van der Waals surface area (Å²) in [6.07, 6.45) is 5.64. The predicted octanol–water partition coefficient (Wildman–Crippen LogP) is 3.05. The number of nitrogens with zero attached hydrogens (tertiary/aromatic N) is 2. The van der Waals surface area contributed by atoms with Gasteiger partial charge in [-0.05, 0) is 37.0 Å². The summed E-state index contributed by atoms with van der Waals surface area (Å²) in [5, 5.41) is 0. The van der Waals surface area contributed by atoms with Crippen molar-refractivity contribution in [2.24, 2.45) is 0 Å². The van der Waals surface area contributed by atoms with Gasteiger partial charge < -0.3 is 14.6 Å². The van der Waals surface area contributed by atoms with E-state index in [-0.39, 0.29) is 17.8 Å². The molecule has 1 fully saturated rings. The maximum absolute atomic E-state index is 13.3. The third-order valence-corrected chi connectivity index (χ3v) is 4.54. The van der Waals surface area contributed by atoms with Crippen LogP contribution in [0.2, 0.25) is 0 Å². The van der Waals surface area contributed by atoms with E-state index in [1.165, 1.54) is 12.1 Å². The molecule has 1 aromatic heterocycles. The Bertz CT molecular complexity index is 672. The molecule has 3 unspecified atom stereocenters. The van der Waals surface area contributed by atoms with Crippen molar-refractivity contribution in [3.63, 3.8) is 0 Å². The number of ether oxygens (including phenoxy) is 1. The molecule has 0 saturated carbocycles. The topological polar surface area (TPSA) is 58.2 Å². The average molecular weight is 331 g/mol. The minimum Gasteiger partial charge on any atom is -0.365 e. The number of likely N-dealkylation sites (N-methyl/N-ethyl adjacent to an activating group) is 1. The Morgan fingerprint density at radius 1 is 1.42 bits per heavy atom. The highest BCUT2D eigenvalue weighted by Crippen LogP contribution is 2.29. The molecule has 1 saturated heterocycles. The van der Waals surface area contributed by atoms with Crippen LogP contribution in [0.25, 0.3) is 0 Å². The summed E-state index contributed by atoms with van der Waals surface area (Å²) >= 11 is 0. The highest BCUT2D eigenvalue weighted by Gasteiger charge is 2.35. The fourth-order valence-electron chi connectivity index (χ4n) is 3.18. The summed E-state index contributed by atoms with van der Waals surface area (Å²) in [6.45, 7) is 2.06. The molecule has 0 radical (unpaired) electrons. The minimum atomic E-state index is -0.419. The van der Waals surface area contributed by atoms with Crippen LogP contribution in [0.1, 0.15) is 43.6 Å². The lowest BCUT2D eigenvalue weighted by Gasteiger charge is -2.29. The molecule has 0 spiro atoms. The number of benzene rings is 1. The number of carbonyl (C=O) groups is 1. The highest BCUT2D eigenvalue weighted by molar-refractivity contribution is 5.81. The van der Waals surface area contributed by atoms with Gasteiger partial charge in [0.05, 0.1) is 6.10 Å². The second-order valence-electron chi connectivity index (χ2n) is 6.11. The van der Waals surface area contributed by atoms with Gasteiger partial charge in [0, 0.05) is 19.4 Å². The third-order valence-electron chi connectivity index (χ3n) is 4.54. The lowest BCUT2D eigenvalue weighted by Crippen LogP contribution is -2.39. The first-order valence-corrected chi connectivity index (χ1v) is 8.27. The Morgan fingerprint density at radius 3 is 2.75 bits per heavy atom. The van der Waals surface area contributed by atoms with E-state index in [0.29, 0.717) is 5.82 Å². The van der Waals surface area contributed by atoms with Crippen molar-refractivity contribution in [2.75, 3.05) is 7.05 Å². The zero-order valence-electron chi connectivity index (χ0n) is 13.9. The van der Waals surface area contributed by atoms with Crippen molar-refractivity contribution in [1.82, 2.24) is 14.9 Å². The van der Waals surface area contributed by atoms with Crippen molar-refractivity contribution in [2.45, 2.75) is 44.4 Å². The number of amides is 1. The fraction of sp³-hybridized carbons (Fsp3) is 0.444. The van der Waals surface area contributed by atoms with E-state index >= 15 is 0 Å². The van der Waals surface area contributed by atoms with Crippen LogP contribution in [0.3, 0.4) is 0 Å². The van der Waals surface area contributed by atoms with Crippen LogP contribution >= 0.6 is 0 Å². The zero-order chi connectivity index (χ0) is 17.1. The van der Waals surface area contributed by atoms with Crippen LogP contribution in [0.5, 0.6) is 0 Å². The number of H-pyrrole nitrogens is 1. The number of imidazole rings is 1. The Labute approximate surface area is 140 Å². The van der Waals surface area contributed by atoms with E-state index in [9.17, 15) is 9.18 Å². The first kappa shape index (κ1) is 16.6.